The predicted octanol–water partition coefficient (Wildman–Crippen LogP) is -1.40. The molecule has 2 atom stereocenters. The van der Waals surface area contributed by atoms with E-state index in [0.717, 1.165) is 6.42 Å². The number of nitrogens with zero attached hydrogens (tertiary/aromatic N) is 1. The van der Waals surface area contributed by atoms with Gasteiger partial charge in [-0.1, -0.05) is 0 Å². The number of nitrogens with two attached hydrogens (primary N) is 1. The van der Waals surface area contributed by atoms with Gasteiger partial charge in [0.2, 0.25) is 17.7 Å². The largest absolute Gasteiger partial charge is 0.369 e. The van der Waals surface area contributed by atoms with Crippen molar-refractivity contribution in [3.63, 3.8) is 0 Å². The molecule has 0 bridgehead atoms. The maximum atomic E-state index is 11.7. The highest BCUT2D eigenvalue weighted by molar-refractivity contribution is 5.92. The lowest BCUT2D eigenvalue weighted by Crippen LogP contribution is -2.51. The lowest BCUT2D eigenvalue weighted by molar-refractivity contribution is -0.138. The molecule has 16 heavy (non-hydrogen) atoms. The summed E-state index contributed by atoms with van der Waals surface area (Å²) in [6.07, 6.45) is 1.67. The molecule has 2 aliphatic heterocycles. The van der Waals surface area contributed by atoms with Crippen LogP contribution in [0.15, 0.2) is 0 Å². The summed E-state index contributed by atoms with van der Waals surface area (Å²) < 4.78 is 0. The van der Waals surface area contributed by atoms with Crippen LogP contribution in [0.3, 0.4) is 0 Å². The van der Waals surface area contributed by atoms with Crippen molar-refractivity contribution in [3.8, 4) is 0 Å². The Morgan fingerprint density at radius 1 is 1.44 bits per heavy atom. The van der Waals surface area contributed by atoms with Crippen LogP contribution in [0.1, 0.15) is 19.3 Å². The van der Waals surface area contributed by atoms with Crippen LogP contribution in [0.4, 0.5) is 0 Å². The van der Waals surface area contributed by atoms with Crippen LogP contribution in [0.2, 0.25) is 0 Å². The molecule has 2 fully saturated rings. The maximum Gasteiger partial charge on any atom is 0.242 e. The minimum Gasteiger partial charge on any atom is -0.369 e. The minimum absolute atomic E-state index is 0.121. The van der Waals surface area contributed by atoms with Crippen LogP contribution in [0.25, 0.3) is 0 Å². The molecule has 0 radical (unpaired) electrons. The summed E-state index contributed by atoms with van der Waals surface area (Å²) in [6.45, 7) is 0.947. The summed E-state index contributed by atoms with van der Waals surface area (Å²) in [5, 5.41) is 2.72. The molecule has 3 N–H and O–H groups in total. The van der Waals surface area contributed by atoms with Crippen LogP contribution in [0, 0.1) is 5.92 Å². The monoisotopic (exact) mass is 225 g/mol. The minimum atomic E-state index is -0.466. The molecule has 0 saturated carbocycles. The highest BCUT2D eigenvalue weighted by atomic mass is 16.2. The third-order valence-corrected chi connectivity index (χ3v) is 3.19. The van der Waals surface area contributed by atoms with Crippen molar-refractivity contribution in [2.45, 2.75) is 25.3 Å². The second-order valence-electron chi connectivity index (χ2n) is 4.30. The molecule has 2 aliphatic rings. The molecule has 6 nitrogen and oxygen atoms in total. The van der Waals surface area contributed by atoms with Crippen molar-refractivity contribution < 1.29 is 14.4 Å². The third-order valence-electron chi connectivity index (χ3n) is 3.19. The summed E-state index contributed by atoms with van der Waals surface area (Å²) in [7, 11) is 0. The first-order chi connectivity index (χ1) is 7.59. The number of carbonyl (C=O) groups excluding carboxylic acids is 3. The van der Waals surface area contributed by atoms with E-state index in [1.54, 1.807) is 0 Å². The van der Waals surface area contributed by atoms with Crippen LogP contribution in [-0.4, -0.2) is 41.8 Å². The molecule has 6 heteroatoms. The Bertz CT molecular complexity index is 342. The van der Waals surface area contributed by atoms with E-state index in [2.05, 4.69) is 5.32 Å². The molecule has 0 spiro atoms. The molecule has 3 amide bonds. The average Bonchev–Trinajstić information content (AvgIpc) is 2.61. The molecule has 0 aromatic carbocycles. The number of primary amides is 1. The molecule has 0 aromatic heterocycles. The molecule has 2 saturated heterocycles. The standard InChI is InChI=1S/C10H15N3O3/c11-9(15)6-4-8(14)13(5-6)7-2-1-3-12-10(7)16/h6-7H,1-5H2,(H2,11,15)(H,12,16). The second-order valence-corrected chi connectivity index (χ2v) is 4.30. The maximum absolute atomic E-state index is 11.7. The Morgan fingerprint density at radius 2 is 2.19 bits per heavy atom. The quantitative estimate of drug-likeness (QED) is 0.605. The van der Waals surface area contributed by atoms with Crippen molar-refractivity contribution in [2.75, 3.05) is 13.1 Å². The van der Waals surface area contributed by atoms with Crippen molar-refractivity contribution in [2.24, 2.45) is 11.7 Å². The van der Waals surface area contributed by atoms with Gasteiger partial charge < -0.3 is 16.0 Å². The third kappa shape index (κ3) is 1.87. The number of carbonyl (C=O) groups is 3. The Labute approximate surface area is 93.1 Å². The van der Waals surface area contributed by atoms with Crippen LogP contribution >= 0.6 is 0 Å². The molecule has 88 valence electrons. The first-order valence-corrected chi connectivity index (χ1v) is 5.46. The number of hydrogen-bond acceptors (Lipinski definition) is 3. The first kappa shape index (κ1) is 10.9. The van der Waals surface area contributed by atoms with Crippen molar-refractivity contribution in [1.29, 1.82) is 0 Å². The van der Waals surface area contributed by atoms with Gasteiger partial charge in [0.15, 0.2) is 0 Å². The van der Waals surface area contributed by atoms with E-state index in [1.165, 1.54) is 4.90 Å². The topological polar surface area (TPSA) is 92.5 Å². The van der Waals surface area contributed by atoms with E-state index < -0.39 is 17.9 Å². The van der Waals surface area contributed by atoms with Gasteiger partial charge in [-0.15, -0.1) is 0 Å². The zero-order valence-corrected chi connectivity index (χ0v) is 8.94. The van der Waals surface area contributed by atoms with E-state index in [0.29, 0.717) is 13.0 Å². The molecular weight excluding hydrogens is 210 g/mol. The van der Waals surface area contributed by atoms with Crippen molar-refractivity contribution in [1.82, 2.24) is 10.2 Å². The number of piperidine rings is 1. The summed E-state index contributed by atoms with van der Waals surface area (Å²) in [4.78, 5) is 35.7. The van der Waals surface area contributed by atoms with E-state index in [9.17, 15) is 14.4 Å². The lowest BCUT2D eigenvalue weighted by Gasteiger charge is -2.30. The number of nitrogens with one attached hydrogen (secondary N) is 1. The normalized spacial score (nSPS) is 30.4. The molecule has 2 heterocycles. The van der Waals surface area contributed by atoms with E-state index in [1.807, 2.05) is 0 Å². The van der Waals surface area contributed by atoms with Crippen LogP contribution < -0.4 is 11.1 Å². The molecule has 0 aromatic rings. The van der Waals surface area contributed by atoms with Crippen molar-refractivity contribution >= 4 is 17.7 Å². The van der Waals surface area contributed by atoms with Gasteiger partial charge in [0, 0.05) is 19.5 Å². The van der Waals surface area contributed by atoms with Gasteiger partial charge in [-0.25, -0.2) is 0 Å². The molecule has 2 unspecified atom stereocenters. The van der Waals surface area contributed by atoms with E-state index in [-0.39, 0.29) is 24.8 Å². The summed E-state index contributed by atoms with van der Waals surface area (Å²) in [6, 6.07) is -0.411. The fourth-order valence-electron chi connectivity index (χ4n) is 2.28. The number of hydrogen-bond donors (Lipinski definition) is 2. The zero-order chi connectivity index (χ0) is 11.7. The number of rotatable bonds is 2. The van der Waals surface area contributed by atoms with Gasteiger partial charge in [-0.3, -0.25) is 14.4 Å². The first-order valence-electron chi connectivity index (χ1n) is 5.46. The number of amides is 3. The van der Waals surface area contributed by atoms with Gasteiger partial charge >= 0.3 is 0 Å². The molecular formula is C10H15N3O3. The summed E-state index contributed by atoms with van der Waals surface area (Å²) in [5.41, 5.74) is 5.17. The van der Waals surface area contributed by atoms with Gasteiger partial charge in [-0.05, 0) is 12.8 Å². The van der Waals surface area contributed by atoms with E-state index >= 15 is 0 Å². The highest BCUT2D eigenvalue weighted by Crippen LogP contribution is 2.23. The second kappa shape index (κ2) is 4.11. The fraction of sp³-hybridized carbons (Fsp3) is 0.700. The van der Waals surface area contributed by atoms with Crippen LogP contribution in [0.5, 0.6) is 0 Å². The smallest absolute Gasteiger partial charge is 0.242 e. The Kier molecular flexibility index (Phi) is 2.80. The molecule has 2 rings (SSSR count). The van der Waals surface area contributed by atoms with Gasteiger partial charge in [0.05, 0.1) is 5.92 Å². The van der Waals surface area contributed by atoms with Gasteiger partial charge in [-0.2, -0.15) is 0 Å². The summed E-state index contributed by atoms with van der Waals surface area (Å²) >= 11 is 0. The Balaban J connectivity index is 2.07. The number of likely N-dealkylation sites (tertiary alicyclic amines) is 1. The van der Waals surface area contributed by atoms with Crippen molar-refractivity contribution in [3.05, 3.63) is 0 Å². The Hall–Kier alpha value is -1.59. The summed E-state index contributed by atoms with van der Waals surface area (Å²) in [5.74, 6) is -1.18. The highest BCUT2D eigenvalue weighted by Gasteiger charge is 2.40. The Morgan fingerprint density at radius 3 is 2.75 bits per heavy atom. The average molecular weight is 225 g/mol. The zero-order valence-electron chi connectivity index (χ0n) is 8.94. The lowest BCUT2D eigenvalue weighted by atomic mass is 10.1. The SMILES string of the molecule is NC(=O)C1CC(=O)N(C2CCCNC2=O)C1. The fourth-order valence-corrected chi connectivity index (χ4v) is 2.28. The molecule has 0 aliphatic carbocycles. The van der Waals surface area contributed by atoms with Gasteiger partial charge in [0.25, 0.3) is 0 Å². The predicted molar refractivity (Wildman–Crippen MR) is 55.0 cm³/mol. The van der Waals surface area contributed by atoms with Gasteiger partial charge in [0.1, 0.15) is 6.04 Å². The van der Waals surface area contributed by atoms with E-state index in [4.69, 9.17) is 5.73 Å². The van der Waals surface area contributed by atoms with Crippen LogP contribution in [-0.2, 0) is 14.4 Å².